The summed E-state index contributed by atoms with van der Waals surface area (Å²) in [6.07, 6.45) is 0.579. The van der Waals surface area contributed by atoms with Crippen molar-refractivity contribution in [3.05, 3.63) is 34.9 Å². The molecule has 0 aliphatic rings. The average Bonchev–Trinajstić information content (AvgIpc) is 2.35. The SMILES string of the molecule is CC(C)NC(C)(CCSCc1ccccc1Cl)C(=O)O. The van der Waals surface area contributed by atoms with Crippen molar-refractivity contribution in [2.24, 2.45) is 0 Å². The summed E-state index contributed by atoms with van der Waals surface area (Å²) < 4.78 is 0. The topological polar surface area (TPSA) is 49.3 Å². The van der Waals surface area contributed by atoms with E-state index in [4.69, 9.17) is 11.6 Å². The Morgan fingerprint density at radius 1 is 1.45 bits per heavy atom. The number of benzene rings is 1. The van der Waals surface area contributed by atoms with Crippen molar-refractivity contribution in [2.45, 2.75) is 44.5 Å². The minimum absolute atomic E-state index is 0.143. The Morgan fingerprint density at radius 3 is 2.65 bits per heavy atom. The highest BCUT2D eigenvalue weighted by atomic mass is 35.5. The maximum Gasteiger partial charge on any atom is 0.323 e. The molecule has 0 aliphatic heterocycles. The number of carboxylic acids is 1. The molecule has 0 aromatic heterocycles. The lowest BCUT2D eigenvalue weighted by Gasteiger charge is -2.28. The lowest BCUT2D eigenvalue weighted by Crippen LogP contribution is -2.52. The average molecular weight is 316 g/mol. The number of hydrogen-bond acceptors (Lipinski definition) is 3. The first-order valence-corrected chi connectivity index (χ1v) is 8.20. The van der Waals surface area contributed by atoms with Gasteiger partial charge in [0.15, 0.2) is 0 Å². The van der Waals surface area contributed by atoms with Gasteiger partial charge in [-0.15, -0.1) is 0 Å². The molecule has 1 rings (SSSR count). The first-order chi connectivity index (χ1) is 9.35. The summed E-state index contributed by atoms with van der Waals surface area (Å²) in [5.41, 5.74) is 0.217. The largest absolute Gasteiger partial charge is 0.480 e. The van der Waals surface area contributed by atoms with E-state index < -0.39 is 11.5 Å². The Labute approximate surface area is 130 Å². The van der Waals surface area contributed by atoms with Crippen LogP contribution in [0.3, 0.4) is 0 Å². The van der Waals surface area contributed by atoms with Crippen molar-refractivity contribution in [3.63, 3.8) is 0 Å². The van der Waals surface area contributed by atoms with Crippen LogP contribution >= 0.6 is 23.4 Å². The third-order valence-corrected chi connectivity index (χ3v) is 4.42. The fourth-order valence-corrected chi connectivity index (χ4v) is 3.40. The summed E-state index contributed by atoms with van der Waals surface area (Å²) in [5.74, 6) is 0.773. The van der Waals surface area contributed by atoms with E-state index in [0.717, 1.165) is 22.1 Å². The molecule has 0 fully saturated rings. The second-order valence-electron chi connectivity index (χ2n) is 5.33. The van der Waals surface area contributed by atoms with Gasteiger partial charge in [-0.3, -0.25) is 10.1 Å². The van der Waals surface area contributed by atoms with Gasteiger partial charge in [-0.05, 0) is 44.6 Å². The van der Waals surface area contributed by atoms with Gasteiger partial charge in [0.25, 0.3) is 0 Å². The molecule has 0 radical (unpaired) electrons. The molecular formula is C15H22ClNO2S. The van der Waals surface area contributed by atoms with E-state index in [0.29, 0.717) is 6.42 Å². The smallest absolute Gasteiger partial charge is 0.323 e. The normalized spacial score (nSPS) is 14.2. The van der Waals surface area contributed by atoms with Crippen molar-refractivity contribution in [1.82, 2.24) is 5.32 Å². The number of hydrogen-bond donors (Lipinski definition) is 2. The molecule has 112 valence electrons. The Morgan fingerprint density at radius 2 is 2.10 bits per heavy atom. The van der Waals surface area contributed by atoms with Gasteiger partial charge in [-0.1, -0.05) is 29.8 Å². The molecule has 1 aromatic rings. The highest BCUT2D eigenvalue weighted by molar-refractivity contribution is 7.98. The molecule has 1 unspecified atom stereocenters. The van der Waals surface area contributed by atoms with Crippen LogP contribution in [0.15, 0.2) is 24.3 Å². The number of carbonyl (C=O) groups is 1. The number of rotatable bonds is 8. The van der Waals surface area contributed by atoms with E-state index >= 15 is 0 Å². The molecular weight excluding hydrogens is 294 g/mol. The highest BCUT2D eigenvalue weighted by Gasteiger charge is 2.32. The van der Waals surface area contributed by atoms with Crippen LogP contribution in [0.1, 0.15) is 32.8 Å². The Hall–Kier alpha value is -0.710. The zero-order valence-electron chi connectivity index (χ0n) is 12.1. The Bertz CT molecular complexity index is 453. The van der Waals surface area contributed by atoms with Crippen LogP contribution in [-0.4, -0.2) is 28.4 Å². The van der Waals surface area contributed by atoms with Gasteiger partial charge in [0.2, 0.25) is 0 Å². The maximum atomic E-state index is 11.4. The van der Waals surface area contributed by atoms with E-state index in [1.165, 1.54) is 0 Å². The van der Waals surface area contributed by atoms with E-state index in [2.05, 4.69) is 5.32 Å². The summed E-state index contributed by atoms with van der Waals surface area (Å²) in [6, 6.07) is 7.88. The molecule has 0 bridgehead atoms. The molecule has 1 atom stereocenters. The van der Waals surface area contributed by atoms with Crippen molar-refractivity contribution in [1.29, 1.82) is 0 Å². The zero-order valence-corrected chi connectivity index (χ0v) is 13.7. The molecule has 2 N–H and O–H groups in total. The van der Waals surface area contributed by atoms with Crippen LogP contribution in [0, 0.1) is 0 Å². The summed E-state index contributed by atoms with van der Waals surface area (Å²) in [5, 5.41) is 13.2. The van der Waals surface area contributed by atoms with Crippen LogP contribution < -0.4 is 5.32 Å². The third-order valence-electron chi connectivity index (χ3n) is 3.04. The van der Waals surface area contributed by atoms with Crippen molar-refractivity contribution in [3.8, 4) is 0 Å². The van der Waals surface area contributed by atoms with Crippen LogP contribution in [0.2, 0.25) is 5.02 Å². The van der Waals surface area contributed by atoms with Crippen molar-refractivity contribution in [2.75, 3.05) is 5.75 Å². The quantitative estimate of drug-likeness (QED) is 0.716. The second kappa shape index (κ2) is 7.91. The van der Waals surface area contributed by atoms with Gasteiger partial charge >= 0.3 is 5.97 Å². The zero-order chi connectivity index (χ0) is 15.2. The standard InChI is InChI=1S/C15H22ClNO2S/c1-11(2)17-15(3,14(18)19)8-9-20-10-12-6-4-5-7-13(12)16/h4-7,11,17H,8-10H2,1-3H3,(H,18,19). The lowest BCUT2D eigenvalue weighted by atomic mass is 9.98. The lowest BCUT2D eigenvalue weighted by molar-refractivity contribution is -0.144. The van der Waals surface area contributed by atoms with E-state index in [1.54, 1.807) is 18.7 Å². The van der Waals surface area contributed by atoms with Crippen LogP contribution in [0.4, 0.5) is 0 Å². The first kappa shape index (κ1) is 17.3. The van der Waals surface area contributed by atoms with E-state index in [9.17, 15) is 9.90 Å². The van der Waals surface area contributed by atoms with E-state index in [-0.39, 0.29) is 6.04 Å². The number of carboxylic acid groups (broad SMARTS) is 1. The maximum absolute atomic E-state index is 11.4. The summed E-state index contributed by atoms with van der Waals surface area (Å²) in [4.78, 5) is 11.4. The van der Waals surface area contributed by atoms with Crippen LogP contribution in [-0.2, 0) is 10.5 Å². The number of aliphatic carboxylic acids is 1. The Kier molecular flexibility index (Phi) is 6.86. The number of thioether (sulfide) groups is 1. The van der Waals surface area contributed by atoms with Gasteiger partial charge in [-0.25, -0.2) is 0 Å². The highest BCUT2D eigenvalue weighted by Crippen LogP contribution is 2.23. The van der Waals surface area contributed by atoms with Gasteiger partial charge in [0, 0.05) is 16.8 Å². The Balaban J connectivity index is 2.46. The number of halogens is 1. The van der Waals surface area contributed by atoms with Gasteiger partial charge in [0.1, 0.15) is 5.54 Å². The van der Waals surface area contributed by atoms with Gasteiger partial charge in [-0.2, -0.15) is 11.8 Å². The van der Waals surface area contributed by atoms with E-state index in [1.807, 2.05) is 38.1 Å². The fourth-order valence-electron chi connectivity index (χ4n) is 1.95. The minimum Gasteiger partial charge on any atom is -0.480 e. The fraction of sp³-hybridized carbons (Fsp3) is 0.533. The molecule has 0 spiro atoms. The second-order valence-corrected chi connectivity index (χ2v) is 6.84. The molecule has 0 aliphatic carbocycles. The van der Waals surface area contributed by atoms with Crippen molar-refractivity contribution < 1.29 is 9.90 Å². The summed E-state index contributed by atoms with van der Waals surface area (Å²) in [7, 11) is 0. The third kappa shape index (κ3) is 5.35. The summed E-state index contributed by atoms with van der Waals surface area (Å²) in [6.45, 7) is 5.65. The number of nitrogens with one attached hydrogen (secondary N) is 1. The van der Waals surface area contributed by atoms with Gasteiger partial charge in [0.05, 0.1) is 0 Å². The van der Waals surface area contributed by atoms with Crippen LogP contribution in [0.25, 0.3) is 0 Å². The molecule has 0 amide bonds. The predicted octanol–water partition coefficient (Wildman–Crippen LogP) is 3.80. The molecule has 0 saturated carbocycles. The molecule has 3 nitrogen and oxygen atoms in total. The van der Waals surface area contributed by atoms with Crippen LogP contribution in [0.5, 0.6) is 0 Å². The molecule has 5 heteroatoms. The van der Waals surface area contributed by atoms with Crippen molar-refractivity contribution >= 4 is 29.3 Å². The molecule has 20 heavy (non-hydrogen) atoms. The molecule has 0 heterocycles. The molecule has 1 aromatic carbocycles. The minimum atomic E-state index is -0.873. The first-order valence-electron chi connectivity index (χ1n) is 6.67. The van der Waals surface area contributed by atoms with Gasteiger partial charge < -0.3 is 5.11 Å². The monoisotopic (exact) mass is 315 g/mol. The summed E-state index contributed by atoms with van der Waals surface area (Å²) >= 11 is 7.80. The predicted molar refractivity (Wildman–Crippen MR) is 86.5 cm³/mol. The molecule has 0 saturated heterocycles.